The monoisotopic (exact) mass is 262 g/mol. The van der Waals surface area contributed by atoms with Crippen LogP contribution < -0.4 is 0 Å². The third-order valence-electron chi connectivity index (χ3n) is 4.35. The summed E-state index contributed by atoms with van der Waals surface area (Å²) in [5, 5.41) is 0. The van der Waals surface area contributed by atoms with E-state index in [0.717, 1.165) is 0 Å². The van der Waals surface area contributed by atoms with Crippen LogP contribution >= 0.6 is 0 Å². The molecule has 0 aromatic rings. The third kappa shape index (κ3) is 9.99. The fraction of sp³-hybridized carbons (Fsp3) is 0.789. The Labute approximate surface area is 121 Å². The van der Waals surface area contributed by atoms with E-state index < -0.39 is 0 Å². The zero-order chi connectivity index (χ0) is 13.6. The molecule has 0 bridgehead atoms. The quantitative estimate of drug-likeness (QED) is 0.479. The van der Waals surface area contributed by atoms with E-state index in [1.807, 2.05) is 6.08 Å². The first-order valence-corrected chi connectivity index (χ1v) is 8.74. The van der Waals surface area contributed by atoms with Crippen molar-refractivity contribution in [1.29, 1.82) is 0 Å². The first kappa shape index (κ1) is 16.5. The van der Waals surface area contributed by atoms with Crippen LogP contribution in [0.4, 0.5) is 0 Å². The first-order valence-electron chi connectivity index (χ1n) is 8.74. The maximum Gasteiger partial charge on any atom is -0.0317 e. The average Bonchev–Trinajstić information content (AvgIpc) is 2.41. The predicted octanol–water partition coefficient (Wildman–Crippen LogP) is 6.96. The van der Waals surface area contributed by atoms with Gasteiger partial charge in [0.15, 0.2) is 0 Å². The molecule has 0 heterocycles. The highest BCUT2D eigenvalue weighted by Crippen LogP contribution is 2.19. The molecule has 0 spiro atoms. The van der Waals surface area contributed by atoms with Gasteiger partial charge in [0, 0.05) is 0 Å². The molecule has 110 valence electrons. The molecule has 0 aromatic carbocycles. The Bertz CT molecular complexity index is 218. The molecule has 0 radical (unpaired) electrons. The highest BCUT2D eigenvalue weighted by molar-refractivity contribution is 5.10. The molecule has 19 heavy (non-hydrogen) atoms. The SMILES string of the molecule is C=CC=C1CCCCCCCCCCCCCCC1. The second-order valence-electron chi connectivity index (χ2n) is 6.16. The maximum atomic E-state index is 3.86. The Morgan fingerprint density at radius 3 is 1.16 bits per heavy atom. The number of allylic oxidation sites excluding steroid dienone is 3. The van der Waals surface area contributed by atoms with Crippen LogP contribution in [0.25, 0.3) is 0 Å². The van der Waals surface area contributed by atoms with E-state index in [1.165, 1.54) is 96.3 Å². The van der Waals surface area contributed by atoms with Gasteiger partial charge in [-0.3, -0.25) is 0 Å². The Kier molecular flexibility index (Phi) is 10.9. The fourth-order valence-electron chi connectivity index (χ4n) is 3.11. The van der Waals surface area contributed by atoms with Crippen molar-refractivity contribution in [2.24, 2.45) is 0 Å². The molecule has 1 saturated carbocycles. The van der Waals surface area contributed by atoms with Gasteiger partial charge < -0.3 is 0 Å². The van der Waals surface area contributed by atoms with Crippen molar-refractivity contribution >= 4 is 0 Å². The van der Waals surface area contributed by atoms with E-state index in [1.54, 1.807) is 5.57 Å². The van der Waals surface area contributed by atoms with Crippen LogP contribution in [0.1, 0.15) is 96.3 Å². The summed E-state index contributed by atoms with van der Waals surface area (Å²) in [6.45, 7) is 3.86. The zero-order valence-corrected chi connectivity index (χ0v) is 13.0. The Morgan fingerprint density at radius 1 is 0.526 bits per heavy atom. The van der Waals surface area contributed by atoms with E-state index in [-0.39, 0.29) is 0 Å². The van der Waals surface area contributed by atoms with Gasteiger partial charge in [-0.05, 0) is 25.7 Å². The van der Waals surface area contributed by atoms with Crippen LogP contribution in [0.3, 0.4) is 0 Å². The van der Waals surface area contributed by atoms with Crippen molar-refractivity contribution in [3.8, 4) is 0 Å². The summed E-state index contributed by atoms with van der Waals surface area (Å²) < 4.78 is 0. The topological polar surface area (TPSA) is 0 Å². The Morgan fingerprint density at radius 2 is 0.842 bits per heavy atom. The van der Waals surface area contributed by atoms with E-state index in [2.05, 4.69) is 12.7 Å². The lowest BCUT2D eigenvalue weighted by atomic mass is 9.98. The lowest BCUT2D eigenvalue weighted by Gasteiger charge is -2.08. The number of rotatable bonds is 1. The minimum atomic E-state index is 1.31. The highest BCUT2D eigenvalue weighted by atomic mass is 14.1. The smallest absolute Gasteiger partial charge is 0.0317 e. The number of hydrogen-bond acceptors (Lipinski definition) is 0. The molecule has 1 aliphatic carbocycles. The van der Waals surface area contributed by atoms with Crippen molar-refractivity contribution in [1.82, 2.24) is 0 Å². The molecule has 0 saturated heterocycles. The maximum absolute atomic E-state index is 3.86. The van der Waals surface area contributed by atoms with E-state index >= 15 is 0 Å². The zero-order valence-electron chi connectivity index (χ0n) is 13.0. The molecule has 1 fully saturated rings. The molecule has 1 rings (SSSR count). The second-order valence-corrected chi connectivity index (χ2v) is 6.16. The molecule has 0 N–H and O–H groups in total. The van der Waals surface area contributed by atoms with Gasteiger partial charge in [-0.15, -0.1) is 0 Å². The third-order valence-corrected chi connectivity index (χ3v) is 4.35. The molecule has 0 nitrogen and oxygen atoms in total. The molecule has 0 aromatic heterocycles. The molecule has 0 unspecified atom stereocenters. The summed E-state index contributed by atoms with van der Waals surface area (Å²) in [6, 6.07) is 0. The molecule has 0 heteroatoms. The summed E-state index contributed by atoms with van der Waals surface area (Å²) in [6.07, 6.45) is 25.7. The van der Waals surface area contributed by atoms with E-state index in [4.69, 9.17) is 0 Å². The van der Waals surface area contributed by atoms with Gasteiger partial charge in [-0.1, -0.05) is 94.9 Å². The summed E-state index contributed by atoms with van der Waals surface area (Å²) in [5.74, 6) is 0. The van der Waals surface area contributed by atoms with Gasteiger partial charge in [0.25, 0.3) is 0 Å². The largest absolute Gasteiger partial charge is 0.0991 e. The van der Waals surface area contributed by atoms with Gasteiger partial charge in [0.05, 0.1) is 0 Å². The fourth-order valence-corrected chi connectivity index (χ4v) is 3.11. The standard InChI is InChI=1S/C19H34/c1-2-16-19-17-14-12-10-8-6-4-3-5-7-9-11-13-15-18-19/h2,16H,1,3-15,17-18H2. The van der Waals surface area contributed by atoms with Crippen molar-refractivity contribution in [2.75, 3.05) is 0 Å². The van der Waals surface area contributed by atoms with Crippen LogP contribution in [-0.4, -0.2) is 0 Å². The van der Waals surface area contributed by atoms with Crippen molar-refractivity contribution in [2.45, 2.75) is 96.3 Å². The second kappa shape index (κ2) is 12.5. The van der Waals surface area contributed by atoms with E-state index in [0.29, 0.717) is 0 Å². The lowest BCUT2D eigenvalue weighted by Crippen LogP contribution is -1.89. The lowest BCUT2D eigenvalue weighted by molar-refractivity contribution is 0.527. The minimum Gasteiger partial charge on any atom is -0.0991 e. The summed E-state index contributed by atoms with van der Waals surface area (Å²) >= 11 is 0. The van der Waals surface area contributed by atoms with Gasteiger partial charge in [0.1, 0.15) is 0 Å². The van der Waals surface area contributed by atoms with Crippen LogP contribution in [-0.2, 0) is 0 Å². The Balaban J connectivity index is 2.27. The van der Waals surface area contributed by atoms with Gasteiger partial charge in [0.2, 0.25) is 0 Å². The normalized spacial score (nSPS) is 21.8. The first-order chi connectivity index (χ1) is 9.43. The highest BCUT2D eigenvalue weighted by Gasteiger charge is 2.00. The van der Waals surface area contributed by atoms with Gasteiger partial charge >= 0.3 is 0 Å². The molecule has 0 amide bonds. The Hall–Kier alpha value is -0.520. The van der Waals surface area contributed by atoms with Crippen molar-refractivity contribution in [3.05, 3.63) is 24.3 Å². The summed E-state index contributed by atoms with van der Waals surface area (Å²) in [4.78, 5) is 0. The predicted molar refractivity (Wildman–Crippen MR) is 87.5 cm³/mol. The summed E-state index contributed by atoms with van der Waals surface area (Å²) in [7, 11) is 0. The molecular weight excluding hydrogens is 228 g/mol. The average molecular weight is 262 g/mol. The van der Waals surface area contributed by atoms with Crippen LogP contribution in [0.5, 0.6) is 0 Å². The minimum absolute atomic E-state index is 1.31. The van der Waals surface area contributed by atoms with Crippen molar-refractivity contribution in [3.63, 3.8) is 0 Å². The van der Waals surface area contributed by atoms with Crippen LogP contribution in [0.15, 0.2) is 24.3 Å². The molecule has 1 aliphatic rings. The van der Waals surface area contributed by atoms with Gasteiger partial charge in [-0.2, -0.15) is 0 Å². The molecule has 0 atom stereocenters. The van der Waals surface area contributed by atoms with E-state index in [9.17, 15) is 0 Å². The van der Waals surface area contributed by atoms with Crippen molar-refractivity contribution < 1.29 is 0 Å². The summed E-state index contributed by atoms with van der Waals surface area (Å²) in [5.41, 5.74) is 1.64. The number of hydrogen-bond donors (Lipinski definition) is 0. The molecule has 0 aliphatic heterocycles. The van der Waals surface area contributed by atoms with Crippen LogP contribution in [0.2, 0.25) is 0 Å². The molecular formula is C19H34. The van der Waals surface area contributed by atoms with Crippen LogP contribution in [0, 0.1) is 0 Å². The van der Waals surface area contributed by atoms with Gasteiger partial charge in [-0.25, -0.2) is 0 Å².